The molecule has 0 aliphatic carbocycles. The number of halogens is 4. The largest absolute Gasteiger partial charge is 0.496 e. The van der Waals surface area contributed by atoms with Gasteiger partial charge in [0.25, 0.3) is 5.91 Å². The smallest absolute Gasteiger partial charge is 0.417 e. The van der Waals surface area contributed by atoms with Crippen LogP contribution in [0, 0.1) is 0 Å². The van der Waals surface area contributed by atoms with Gasteiger partial charge in [0.2, 0.25) is 0 Å². The number of anilines is 1. The summed E-state index contributed by atoms with van der Waals surface area (Å²) in [5.74, 6) is -0.218. The number of carbonyl (C=O) groups excluding carboxylic acids is 1. The van der Waals surface area contributed by atoms with Gasteiger partial charge in [-0.25, -0.2) is 0 Å². The van der Waals surface area contributed by atoms with E-state index >= 15 is 0 Å². The molecule has 0 N–H and O–H groups in total. The fourth-order valence-corrected chi connectivity index (χ4v) is 4.74. The van der Waals surface area contributed by atoms with Crippen LogP contribution in [0.1, 0.15) is 27.2 Å². The summed E-state index contributed by atoms with van der Waals surface area (Å²) in [6.07, 6.45) is -2.60. The van der Waals surface area contributed by atoms with Crippen molar-refractivity contribution in [1.82, 2.24) is 4.57 Å². The second-order valence-corrected chi connectivity index (χ2v) is 8.63. The van der Waals surface area contributed by atoms with Crippen molar-refractivity contribution in [2.75, 3.05) is 12.0 Å². The van der Waals surface area contributed by atoms with Crippen molar-refractivity contribution in [3.8, 4) is 16.9 Å². The quantitative estimate of drug-likeness (QED) is 0.305. The minimum Gasteiger partial charge on any atom is -0.496 e. The number of hydrogen-bond acceptors (Lipinski definition) is 2. The summed E-state index contributed by atoms with van der Waals surface area (Å²) in [7, 11) is 1.38. The van der Waals surface area contributed by atoms with Crippen LogP contribution in [0.15, 0.2) is 79.0 Å². The molecule has 0 atom stereocenters. The molecule has 0 spiro atoms. The summed E-state index contributed by atoms with van der Waals surface area (Å²) < 4.78 is 48.5. The number of ether oxygens (including phenoxy) is 1. The van der Waals surface area contributed by atoms with E-state index in [1.54, 1.807) is 4.90 Å². The van der Waals surface area contributed by atoms with Crippen LogP contribution in [0.2, 0.25) is 5.02 Å². The van der Waals surface area contributed by atoms with Crippen molar-refractivity contribution < 1.29 is 22.7 Å². The molecule has 1 aliphatic rings. The zero-order valence-corrected chi connectivity index (χ0v) is 19.4. The van der Waals surface area contributed by atoms with Gasteiger partial charge in [0.1, 0.15) is 5.75 Å². The van der Waals surface area contributed by atoms with E-state index < -0.39 is 11.7 Å². The van der Waals surface area contributed by atoms with Crippen LogP contribution in [-0.2, 0) is 19.3 Å². The van der Waals surface area contributed by atoms with Crippen LogP contribution in [0.25, 0.3) is 11.1 Å². The normalized spacial score (nSPS) is 13.1. The first-order chi connectivity index (χ1) is 16.8. The third-order valence-corrected chi connectivity index (χ3v) is 6.47. The van der Waals surface area contributed by atoms with Crippen molar-refractivity contribution in [1.29, 1.82) is 0 Å². The minimum absolute atomic E-state index is 0.0253. The molecule has 4 aromatic rings. The van der Waals surface area contributed by atoms with Gasteiger partial charge >= 0.3 is 6.18 Å². The maximum Gasteiger partial charge on any atom is 0.417 e. The highest BCUT2D eigenvalue weighted by atomic mass is 35.5. The lowest BCUT2D eigenvalue weighted by Crippen LogP contribution is -2.31. The number of methoxy groups -OCH3 is 1. The van der Waals surface area contributed by atoms with Gasteiger partial charge in [-0.1, -0.05) is 48.0 Å². The molecule has 0 radical (unpaired) electrons. The van der Waals surface area contributed by atoms with Gasteiger partial charge in [-0.2, -0.15) is 13.2 Å². The van der Waals surface area contributed by atoms with Gasteiger partial charge < -0.3 is 14.2 Å². The third-order valence-electron chi connectivity index (χ3n) is 6.15. The molecule has 35 heavy (non-hydrogen) atoms. The first-order valence-corrected chi connectivity index (χ1v) is 11.2. The molecule has 0 unspecified atom stereocenters. The molecular weight excluding hydrogens is 477 g/mol. The molecular formula is C27H20ClF3N2O2. The van der Waals surface area contributed by atoms with Gasteiger partial charge in [0, 0.05) is 34.7 Å². The highest BCUT2D eigenvalue weighted by molar-refractivity contribution is 6.34. The number of rotatable bonds is 3. The van der Waals surface area contributed by atoms with Gasteiger partial charge in [-0.15, -0.1) is 0 Å². The van der Waals surface area contributed by atoms with Crippen LogP contribution in [-0.4, -0.2) is 17.6 Å². The van der Waals surface area contributed by atoms with Crippen LogP contribution in [0.3, 0.4) is 0 Å². The summed E-state index contributed by atoms with van der Waals surface area (Å²) in [4.78, 5) is 15.5. The number of carbonyl (C=O) groups is 1. The van der Waals surface area contributed by atoms with Crippen molar-refractivity contribution in [3.05, 3.63) is 106 Å². The van der Waals surface area contributed by atoms with Crippen LogP contribution in [0.5, 0.6) is 5.75 Å². The zero-order chi connectivity index (χ0) is 24.7. The predicted octanol–water partition coefficient (Wildman–Crippen LogP) is 7.04. The Morgan fingerprint density at radius 1 is 0.943 bits per heavy atom. The Kier molecular flexibility index (Phi) is 5.81. The Bertz CT molecular complexity index is 1430. The average Bonchev–Trinajstić information content (AvgIpc) is 3.22. The van der Waals surface area contributed by atoms with E-state index in [0.717, 1.165) is 23.0 Å². The number of amides is 1. The molecule has 3 aromatic carbocycles. The number of para-hydroxylation sites is 1. The maximum atomic E-state index is 13.9. The summed E-state index contributed by atoms with van der Waals surface area (Å²) >= 11 is 6.50. The van der Waals surface area contributed by atoms with E-state index in [2.05, 4.69) is 4.57 Å². The Balaban J connectivity index is 1.62. The Labute approximate surface area is 205 Å². The number of hydrogen-bond donors (Lipinski definition) is 0. The Hall–Kier alpha value is -3.71. The van der Waals surface area contributed by atoms with Crippen molar-refractivity contribution in [2.45, 2.75) is 19.3 Å². The van der Waals surface area contributed by atoms with E-state index in [1.807, 2.05) is 42.6 Å². The lowest BCUT2D eigenvalue weighted by Gasteiger charge is -2.24. The molecule has 1 aromatic heterocycles. The SMILES string of the molecule is COc1cc(-c2ccccc2C(F)(F)F)c(Cl)cc1C(=O)N1Cc2cccn2Cc2ccccc21. The molecule has 0 fully saturated rings. The summed E-state index contributed by atoms with van der Waals surface area (Å²) in [6, 6.07) is 19.5. The number of nitrogens with zero attached hydrogens (tertiary/aromatic N) is 2. The summed E-state index contributed by atoms with van der Waals surface area (Å²) in [5, 5.41) is 0.0253. The monoisotopic (exact) mass is 496 g/mol. The number of alkyl halides is 3. The molecule has 8 heteroatoms. The van der Waals surface area contributed by atoms with Crippen LogP contribution >= 0.6 is 11.6 Å². The van der Waals surface area contributed by atoms with E-state index in [1.165, 1.54) is 37.4 Å². The Morgan fingerprint density at radius 2 is 1.69 bits per heavy atom. The molecule has 5 rings (SSSR count). The van der Waals surface area contributed by atoms with Crippen LogP contribution < -0.4 is 9.64 Å². The van der Waals surface area contributed by atoms with E-state index in [4.69, 9.17) is 16.3 Å². The lowest BCUT2D eigenvalue weighted by molar-refractivity contribution is -0.137. The van der Waals surface area contributed by atoms with Crippen molar-refractivity contribution >= 4 is 23.2 Å². The van der Waals surface area contributed by atoms with Gasteiger partial charge in [-0.3, -0.25) is 4.79 Å². The van der Waals surface area contributed by atoms with Gasteiger partial charge in [0.15, 0.2) is 0 Å². The first-order valence-electron chi connectivity index (χ1n) is 10.9. The second kappa shape index (κ2) is 8.82. The van der Waals surface area contributed by atoms with E-state index in [-0.39, 0.29) is 33.4 Å². The molecule has 178 valence electrons. The van der Waals surface area contributed by atoms with Crippen LogP contribution in [0.4, 0.5) is 18.9 Å². The minimum atomic E-state index is -4.56. The fourth-order valence-electron chi connectivity index (χ4n) is 4.47. The molecule has 2 heterocycles. The highest BCUT2D eigenvalue weighted by Gasteiger charge is 2.34. The van der Waals surface area contributed by atoms with Crippen molar-refractivity contribution in [3.63, 3.8) is 0 Å². The van der Waals surface area contributed by atoms with E-state index in [9.17, 15) is 18.0 Å². The molecule has 0 bridgehead atoms. The standard InChI is InChI=1S/C27H20ClF3N2O2/c1-35-25-14-20(19-9-3-4-10-22(19)27(29,30)31)23(28)13-21(25)26(34)33-16-18-8-6-12-32(18)15-17-7-2-5-11-24(17)33/h2-14H,15-16H2,1H3. The van der Waals surface area contributed by atoms with E-state index in [0.29, 0.717) is 13.1 Å². The number of benzene rings is 3. The molecule has 0 saturated heterocycles. The number of aromatic nitrogens is 1. The third kappa shape index (κ3) is 4.17. The van der Waals surface area contributed by atoms with Gasteiger partial charge in [0.05, 0.1) is 24.8 Å². The predicted molar refractivity (Wildman–Crippen MR) is 129 cm³/mol. The summed E-state index contributed by atoms with van der Waals surface area (Å²) in [6.45, 7) is 0.940. The highest BCUT2D eigenvalue weighted by Crippen LogP contribution is 2.42. The number of fused-ring (bicyclic) bond motifs is 2. The molecule has 0 saturated carbocycles. The maximum absolute atomic E-state index is 13.9. The van der Waals surface area contributed by atoms with Crippen molar-refractivity contribution in [2.24, 2.45) is 0 Å². The average molecular weight is 497 g/mol. The summed E-state index contributed by atoms with van der Waals surface area (Å²) in [5.41, 5.74) is 2.09. The first kappa shape index (κ1) is 23.1. The lowest BCUT2D eigenvalue weighted by atomic mass is 9.97. The topological polar surface area (TPSA) is 34.5 Å². The zero-order valence-electron chi connectivity index (χ0n) is 18.6. The van der Waals surface area contributed by atoms with Gasteiger partial charge in [-0.05, 0) is 47.5 Å². The molecule has 1 amide bonds. The Morgan fingerprint density at radius 3 is 2.46 bits per heavy atom. The molecule has 1 aliphatic heterocycles. The molecule has 4 nitrogen and oxygen atoms in total. The second-order valence-electron chi connectivity index (χ2n) is 8.22. The fraction of sp³-hybridized carbons (Fsp3) is 0.148.